The minimum atomic E-state index is -0.361. The number of aromatic nitrogens is 2. The fourth-order valence-corrected chi connectivity index (χ4v) is 3.08. The lowest BCUT2D eigenvalue weighted by atomic mass is 10.2. The molecule has 1 N–H and O–H groups in total. The van der Waals surface area contributed by atoms with Crippen molar-refractivity contribution in [2.45, 2.75) is 20.0 Å². The van der Waals surface area contributed by atoms with Crippen LogP contribution in [0.3, 0.4) is 0 Å². The smallest absolute Gasteiger partial charge is 0.321 e. The van der Waals surface area contributed by atoms with Crippen molar-refractivity contribution in [3.05, 3.63) is 59.7 Å². The Hall–Kier alpha value is -3.42. The van der Waals surface area contributed by atoms with Crippen molar-refractivity contribution in [3.8, 4) is 0 Å². The van der Waals surface area contributed by atoms with E-state index in [9.17, 15) is 14.0 Å². The van der Waals surface area contributed by atoms with Gasteiger partial charge in [-0.2, -0.15) is 0 Å². The van der Waals surface area contributed by atoms with Crippen LogP contribution in [0.2, 0.25) is 0 Å². The zero-order chi connectivity index (χ0) is 21.1. The highest BCUT2D eigenvalue weighted by Gasteiger charge is 2.17. The van der Waals surface area contributed by atoms with Gasteiger partial charge >= 0.3 is 6.03 Å². The number of nitrogens with zero attached hydrogens (tertiary/aromatic N) is 4. The maximum Gasteiger partial charge on any atom is 0.321 e. The molecule has 0 radical (unpaired) electrons. The monoisotopic (exact) mass is 397 g/mol. The number of imidazole rings is 1. The number of urea groups is 1. The third-order valence-electron chi connectivity index (χ3n) is 4.62. The summed E-state index contributed by atoms with van der Waals surface area (Å²) in [6.07, 6.45) is 0. The van der Waals surface area contributed by atoms with Gasteiger partial charge in [0.1, 0.15) is 11.6 Å². The molecule has 0 saturated carbocycles. The summed E-state index contributed by atoms with van der Waals surface area (Å²) in [5.41, 5.74) is 2.70. The molecular formula is C21H24FN5O2. The van der Waals surface area contributed by atoms with E-state index in [0.29, 0.717) is 29.1 Å². The predicted molar refractivity (Wildman–Crippen MR) is 110 cm³/mol. The molecule has 152 valence electrons. The van der Waals surface area contributed by atoms with Gasteiger partial charge in [0.15, 0.2) is 0 Å². The summed E-state index contributed by atoms with van der Waals surface area (Å²) in [4.78, 5) is 32.4. The first-order valence-electron chi connectivity index (χ1n) is 9.28. The fraction of sp³-hybridized carbons (Fsp3) is 0.286. The number of fused-ring (bicyclic) bond motifs is 1. The second-order valence-corrected chi connectivity index (χ2v) is 6.97. The molecule has 3 rings (SSSR count). The van der Waals surface area contributed by atoms with Crippen LogP contribution in [0.4, 0.5) is 14.9 Å². The molecule has 3 aromatic rings. The van der Waals surface area contributed by atoms with Crippen LogP contribution in [0, 0.1) is 5.82 Å². The molecule has 8 heteroatoms. The second kappa shape index (κ2) is 8.30. The van der Waals surface area contributed by atoms with Crippen LogP contribution in [-0.2, 0) is 13.1 Å². The number of hydrogen-bond acceptors (Lipinski definition) is 3. The van der Waals surface area contributed by atoms with Crippen LogP contribution in [0.5, 0.6) is 0 Å². The van der Waals surface area contributed by atoms with E-state index in [1.807, 2.05) is 17.6 Å². The van der Waals surface area contributed by atoms with Crippen molar-refractivity contribution >= 4 is 28.7 Å². The summed E-state index contributed by atoms with van der Waals surface area (Å²) in [5.74, 6) is 0.268. The number of rotatable bonds is 5. The van der Waals surface area contributed by atoms with Crippen LogP contribution in [0.15, 0.2) is 42.5 Å². The number of hydrogen-bond donors (Lipinski definition) is 1. The number of aryl methyl sites for hydroxylation is 1. The summed E-state index contributed by atoms with van der Waals surface area (Å²) in [5, 5.41) is 2.73. The molecule has 0 aliphatic heterocycles. The van der Waals surface area contributed by atoms with Gasteiger partial charge in [0.2, 0.25) is 0 Å². The van der Waals surface area contributed by atoms with E-state index in [0.717, 1.165) is 5.52 Å². The Morgan fingerprint density at radius 1 is 1.10 bits per heavy atom. The third-order valence-corrected chi connectivity index (χ3v) is 4.62. The van der Waals surface area contributed by atoms with Crippen molar-refractivity contribution in [3.63, 3.8) is 0 Å². The van der Waals surface area contributed by atoms with E-state index in [1.165, 1.54) is 34.1 Å². The molecule has 0 unspecified atom stereocenters. The van der Waals surface area contributed by atoms with Crippen LogP contribution in [-0.4, -0.2) is 52.4 Å². The Morgan fingerprint density at radius 3 is 2.41 bits per heavy atom. The van der Waals surface area contributed by atoms with Crippen molar-refractivity contribution in [2.24, 2.45) is 0 Å². The quantitative estimate of drug-likeness (QED) is 0.716. The lowest BCUT2D eigenvalue weighted by molar-refractivity contribution is 0.0827. The molecule has 0 aliphatic rings. The van der Waals surface area contributed by atoms with Gasteiger partial charge in [-0.15, -0.1) is 0 Å². The average molecular weight is 397 g/mol. The molecule has 0 atom stereocenters. The Labute approximate surface area is 168 Å². The molecule has 3 amide bonds. The van der Waals surface area contributed by atoms with Crippen LogP contribution >= 0.6 is 0 Å². The van der Waals surface area contributed by atoms with Gasteiger partial charge in [-0.05, 0) is 49.4 Å². The van der Waals surface area contributed by atoms with E-state index in [-0.39, 0.29) is 24.3 Å². The highest BCUT2D eigenvalue weighted by atomic mass is 19.1. The largest absolute Gasteiger partial charge is 0.345 e. The highest BCUT2D eigenvalue weighted by Crippen LogP contribution is 2.20. The zero-order valence-corrected chi connectivity index (χ0v) is 16.9. The van der Waals surface area contributed by atoms with Gasteiger partial charge in [0, 0.05) is 38.9 Å². The number of nitrogens with one attached hydrogen (secondary N) is 1. The summed E-state index contributed by atoms with van der Waals surface area (Å²) in [7, 11) is 5.08. The first-order chi connectivity index (χ1) is 13.8. The second-order valence-electron chi connectivity index (χ2n) is 6.97. The number of amides is 3. The Kier molecular flexibility index (Phi) is 5.81. The first kappa shape index (κ1) is 20.3. The predicted octanol–water partition coefficient (Wildman–Crippen LogP) is 3.56. The average Bonchev–Trinajstić information content (AvgIpc) is 3.04. The molecule has 0 bridgehead atoms. The molecule has 7 nitrogen and oxygen atoms in total. The number of benzene rings is 2. The topological polar surface area (TPSA) is 70.5 Å². The fourth-order valence-electron chi connectivity index (χ4n) is 3.08. The highest BCUT2D eigenvalue weighted by molar-refractivity contribution is 5.97. The van der Waals surface area contributed by atoms with E-state index in [2.05, 4.69) is 10.3 Å². The van der Waals surface area contributed by atoms with Gasteiger partial charge in [0.25, 0.3) is 5.91 Å². The van der Waals surface area contributed by atoms with Crippen LogP contribution in [0.25, 0.3) is 11.0 Å². The lowest BCUT2D eigenvalue weighted by Gasteiger charge is -2.18. The lowest BCUT2D eigenvalue weighted by Crippen LogP contribution is -2.31. The summed E-state index contributed by atoms with van der Waals surface area (Å²) < 4.78 is 15.0. The zero-order valence-electron chi connectivity index (χ0n) is 16.9. The molecule has 29 heavy (non-hydrogen) atoms. The van der Waals surface area contributed by atoms with Crippen molar-refractivity contribution < 1.29 is 14.0 Å². The number of halogens is 1. The van der Waals surface area contributed by atoms with E-state index >= 15 is 0 Å². The summed E-state index contributed by atoms with van der Waals surface area (Å²) >= 11 is 0. The number of carbonyl (C=O) groups excluding carboxylic acids is 2. The molecule has 2 aromatic carbocycles. The Morgan fingerprint density at radius 2 is 1.79 bits per heavy atom. The molecule has 0 fully saturated rings. The van der Waals surface area contributed by atoms with Crippen LogP contribution in [0.1, 0.15) is 23.1 Å². The minimum Gasteiger partial charge on any atom is -0.345 e. The molecule has 0 spiro atoms. The Bertz CT molecular complexity index is 1040. The maximum atomic E-state index is 13.0. The van der Waals surface area contributed by atoms with Crippen molar-refractivity contribution in [1.82, 2.24) is 19.4 Å². The van der Waals surface area contributed by atoms with Gasteiger partial charge in [-0.25, -0.2) is 14.2 Å². The SMILES string of the molecule is CCn1c(CN(C)C(=O)Nc2ccc(F)cc2)nc2cc(C(=O)N(C)C)ccc21. The summed E-state index contributed by atoms with van der Waals surface area (Å²) in [6.45, 7) is 2.97. The van der Waals surface area contributed by atoms with E-state index in [4.69, 9.17) is 0 Å². The van der Waals surface area contributed by atoms with Gasteiger partial charge in [-0.3, -0.25) is 4.79 Å². The van der Waals surface area contributed by atoms with Crippen LogP contribution < -0.4 is 5.32 Å². The van der Waals surface area contributed by atoms with E-state index in [1.54, 1.807) is 33.3 Å². The molecular weight excluding hydrogens is 373 g/mol. The molecule has 0 aliphatic carbocycles. The van der Waals surface area contributed by atoms with Gasteiger partial charge < -0.3 is 19.7 Å². The minimum absolute atomic E-state index is 0.0877. The normalized spacial score (nSPS) is 10.8. The van der Waals surface area contributed by atoms with Gasteiger partial charge in [0.05, 0.1) is 17.6 Å². The third kappa shape index (κ3) is 4.37. The number of carbonyl (C=O) groups is 2. The van der Waals surface area contributed by atoms with Crippen molar-refractivity contribution in [1.29, 1.82) is 0 Å². The molecule has 1 aromatic heterocycles. The first-order valence-corrected chi connectivity index (χ1v) is 9.28. The number of anilines is 1. The summed E-state index contributed by atoms with van der Waals surface area (Å²) in [6, 6.07) is 10.7. The molecule has 0 saturated heterocycles. The van der Waals surface area contributed by atoms with Gasteiger partial charge in [-0.1, -0.05) is 0 Å². The van der Waals surface area contributed by atoms with Crippen molar-refractivity contribution in [2.75, 3.05) is 26.5 Å². The Balaban J connectivity index is 1.81. The van der Waals surface area contributed by atoms with E-state index < -0.39 is 0 Å². The standard InChI is InChI=1S/C21H24FN5O2/c1-5-27-18-11-6-14(20(28)25(2)3)12-17(18)24-19(27)13-26(4)21(29)23-16-9-7-15(22)8-10-16/h6-12H,5,13H2,1-4H3,(H,23,29). The molecule has 1 heterocycles. The maximum absolute atomic E-state index is 13.0.